The predicted molar refractivity (Wildman–Crippen MR) is 102 cm³/mol. The van der Waals surface area contributed by atoms with Crippen LogP contribution in [0.15, 0.2) is 47.4 Å². The summed E-state index contributed by atoms with van der Waals surface area (Å²) in [4.78, 5) is 41.2. The second-order valence-electron chi connectivity index (χ2n) is 7.00. The highest BCUT2D eigenvalue weighted by molar-refractivity contribution is 6.00. The first-order valence-corrected chi connectivity index (χ1v) is 9.25. The van der Waals surface area contributed by atoms with Crippen LogP contribution in [0.4, 0.5) is 0 Å². The normalized spacial score (nSPS) is 19.4. The van der Waals surface area contributed by atoms with Gasteiger partial charge < -0.3 is 10.4 Å². The summed E-state index contributed by atoms with van der Waals surface area (Å²) in [5.74, 6) is -1.93. The number of fused-ring (bicyclic) bond motifs is 1. The highest BCUT2D eigenvalue weighted by Crippen LogP contribution is 2.25. The molecule has 0 radical (unpaired) electrons. The molecule has 1 unspecified atom stereocenters. The van der Waals surface area contributed by atoms with Gasteiger partial charge in [0.05, 0.1) is 11.6 Å². The molecule has 1 aromatic carbocycles. The fraction of sp³-hybridized carbons (Fsp3) is 0.300. The number of carboxylic acid groups (broad SMARTS) is 1. The highest BCUT2D eigenvalue weighted by Gasteiger charge is 2.32. The van der Waals surface area contributed by atoms with Crippen LogP contribution >= 0.6 is 0 Å². The maximum absolute atomic E-state index is 12.8. The molecule has 1 amide bonds. The molecule has 2 aromatic heterocycles. The van der Waals surface area contributed by atoms with Crippen molar-refractivity contribution in [3.05, 3.63) is 58.5 Å². The quantitative estimate of drug-likeness (QED) is 0.641. The number of H-pyrrole nitrogens is 1. The van der Waals surface area contributed by atoms with Gasteiger partial charge in [-0.3, -0.25) is 19.5 Å². The fourth-order valence-electron chi connectivity index (χ4n) is 3.75. The largest absolute Gasteiger partial charge is 0.481 e. The second-order valence-corrected chi connectivity index (χ2v) is 7.00. The number of hydrogen-bond donors (Lipinski definition) is 3. The number of nitrogens with one attached hydrogen (secondary N) is 2. The molecule has 1 saturated carbocycles. The maximum Gasteiger partial charge on any atom is 0.308 e. The molecule has 0 aliphatic heterocycles. The summed E-state index contributed by atoms with van der Waals surface area (Å²) in [6, 6.07) is 10.2. The van der Waals surface area contributed by atoms with Crippen LogP contribution in [-0.2, 0) is 4.79 Å². The van der Waals surface area contributed by atoms with E-state index in [9.17, 15) is 19.5 Å². The summed E-state index contributed by atoms with van der Waals surface area (Å²) in [5.41, 5.74) is 1.34. The van der Waals surface area contributed by atoms with Gasteiger partial charge in [-0.15, -0.1) is 0 Å². The Balaban J connectivity index is 1.68. The molecule has 8 heteroatoms. The van der Waals surface area contributed by atoms with E-state index in [1.54, 1.807) is 0 Å². The zero-order chi connectivity index (χ0) is 19.7. The Labute approximate surface area is 160 Å². The molecule has 1 aliphatic rings. The molecule has 8 nitrogen and oxygen atoms in total. The predicted octanol–water partition coefficient (Wildman–Crippen LogP) is 2.06. The summed E-state index contributed by atoms with van der Waals surface area (Å²) in [5, 5.41) is 15.0. The number of carbonyl (C=O) groups excluding carboxylic acids is 1. The van der Waals surface area contributed by atoms with Crippen molar-refractivity contribution in [2.75, 3.05) is 0 Å². The summed E-state index contributed by atoms with van der Waals surface area (Å²) >= 11 is 0. The SMILES string of the molecule is O=C(NC1CCCC[C@H]1C(=O)O)c1c[nH]n2c(=O)cc(-c3ccccc3)nc12. The Morgan fingerprint density at radius 3 is 2.68 bits per heavy atom. The first-order valence-electron chi connectivity index (χ1n) is 9.25. The lowest BCUT2D eigenvalue weighted by Crippen LogP contribution is -2.45. The zero-order valence-electron chi connectivity index (χ0n) is 15.1. The Bertz CT molecular complexity index is 1090. The van der Waals surface area contributed by atoms with Crippen molar-refractivity contribution in [3.63, 3.8) is 0 Å². The number of aliphatic carboxylic acids is 1. The molecule has 4 rings (SSSR count). The van der Waals surface area contributed by atoms with Gasteiger partial charge in [-0.1, -0.05) is 43.2 Å². The van der Waals surface area contributed by atoms with Crippen molar-refractivity contribution in [2.45, 2.75) is 31.7 Å². The smallest absolute Gasteiger partial charge is 0.308 e. The van der Waals surface area contributed by atoms with Gasteiger partial charge in [0, 0.05) is 23.9 Å². The van der Waals surface area contributed by atoms with Crippen LogP contribution in [0.1, 0.15) is 36.0 Å². The zero-order valence-corrected chi connectivity index (χ0v) is 15.1. The van der Waals surface area contributed by atoms with Crippen molar-refractivity contribution in [1.29, 1.82) is 0 Å². The molecule has 3 aromatic rings. The van der Waals surface area contributed by atoms with E-state index in [-0.39, 0.29) is 16.8 Å². The lowest BCUT2D eigenvalue weighted by atomic mass is 9.84. The van der Waals surface area contributed by atoms with Crippen LogP contribution < -0.4 is 10.9 Å². The number of aromatic nitrogens is 3. The molecule has 0 saturated heterocycles. The van der Waals surface area contributed by atoms with Crippen molar-refractivity contribution >= 4 is 17.5 Å². The van der Waals surface area contributed by atoms with Crippen LogP contribution in [0.25, 0.3) is 16.9 Å². The molecule has 2 atom stereocenters. The third-order valence-electron chi connectivity index (χ3n) is 5.21. The maximum atomic E-state index is 12.8. The molecule has 2 heterocycles. The average molecular weight is 380 g/mol. The number of benzene rings is 1. The van der Waals surface area contributed by atoms with E-state index in [1.165, 1.54) is 16.8 Å². The first-order chi connectivity index (χ1) is 13.5. The topological polar surface area (TPSA) is 117 Å². The van der Waals surface area contributed by atoms with Gasteiger partial charge in [0.2, 0.25) is 0 Å². The van der Waals surface area contributed by atoms with E-state index in [0.29, 0.717) is 18.5 Å². The van der Waals surface area contributed by atoms with E-state index in [1.807, 2.05) is 30.3 Å². The number of carboxylic acids is 1. The van der Waals surface area contributed by atoms with Gasteiger partial charge in [-0.2, -0.15) is 0 Å². The van der Waals surface area contributed by atoms with Crippen LogP contribution in [0.3, 0.4) is 0 Å². The van der Waals surface area contributed by atoms with Crippen LogP contribution in [0, 0.1) is 5.92 Å². The molecule has 144 valence electrons. The third kappa shape index (κ3) is 3.28. The lowest BCUT2D eigenvalue weighted by Gasteiger charge is -2.29. The van der Waals surface area contributed by atoms with Crippen molar-refractivity contribution in [3.8, 4) is 11.3 Å². The van der Waals surface area contributed by atoms with Gasteiger partial charge >= 0.3 is 5.97 Å². The molecular weight excluding hydrogens is 360 g/mol. The van der Waals surface area contributed by atoms with Crippen LogP contribution in [-0.4, -0.2) is 37.6 Å². The van der Waals surface area contributed by atoms with Crippen molar-refractivity contribution in [1.82, 2.24) is 19.9 Å². The fourth-order valence-corrected chi connectivity index (χ4v) is 3.75. The van der Waals surface area contributed by atoms with E-state index >= 15 is 0 Å². The molecule has 0 spiro atoms. The van der Waals surface area contributed by atoms with Crippen molar-refractivity contribution < 1.29 is 14.7 Å². The number of rotatable bonds is 4. The standard InChI is InChI=1S/C20H20N4O4/c25-17-10-16(12-6-2-1-3-7-12)22-18-14(11-21-24(17)18)19(26)23-15-9-5-4-8-13(15)20(27)28/h1-3,6-7,10-11,13,15,21H,4-5,8-9H2,(H,23,26)(H,27,28)/t13-,15?/m1/s1. The minimum Gasteiger partial charge on any atom is -0.481 e. The Morgan fingerprint density at radius 2 is 1.93 bits per heavy atom. The summed E-state index contributed by atoms with van der Waals surface area (Å²) in [6.07, 6.45) is 4.30. The Hall–Kier alpha value is -3.42. The van der Waals surface area contributed by atoms with Gasteiger partial charge in [0.25, 0.3) is 11.5 Å². The molecule has 1 aliphatic carbocycles. The van der Waals surface area contributed by atoms with E-state index in [4.69, 9.17) is 0 Å². The van der Waals surface area contributed by atoms with E-state index in [0.717, 1.165) is 18.4 Å². The molecule has 1 fully saturated rings. The number of hydrogen-bond acceptors (Lipinski definition) is 4. The first kappa shape index (κ1) is 18.0. The van der Waals surface area contributed by atoms with Gasteiger partial charge in [-0.05, 0) is 12.8 Å². The third-order valence-corrected chi connectivity index (χ3v) is 5.21. The average Bonchev–Trinajstić information content (AvgIpc) is 3.13. The minimum absolute atomic E-state index is 0.213. The summed E-state index contributed by atoms with van der Waals surface area (Å²) in [7, 11) is 0. The van der Waals surface area contributed by atoms with Crippen molar-refractivity contribution in [2.24, 2.45) is 5.92 Å². The van der Waals surface area contributed by atoms with Crippen LogP contribution in [0.2, 0.25) is 0 Å². The summed E-state index contributed by atoms with van der Waals surface area (Å²) < 4.78 is 1.21. The monoisotopic (exact) mass is 380 g/mol. The summed E-state index contributed by atoms with van der Waals surface area (Å²) in [6.45, 7) is 0. The lowest BCUT2D eigenvalue weighted by molar-refractivity contribution is -0.143. The number of aromatic amines is 1. The molecule has 28 heavy (non-hydrogen) atoms. The van der Waals surface area contributed by atoms with E-state index < -0.39 is 23.8 Å². The number of nitrogens with zero attached hydrogens (tertiary/aromatic N) is 2. The minimum atomic E-state index is -0.898. The second kappa shape index (κ2) is 7.30. The van der Waals surface area contributed by atoms with Gasteiger partial charge in [0.15, 0.2) is 5.65 Å². The number of amides is 1. The van der Waals surface area contributed by atoms with Gasteiger partial charge in [0.1, 0.15) is 5.56 Å². The molecule has 0 bridgehead atoms. The Kier molecular flexibility index (Phi) is 4.68. The van der Waals surface area contributed by atoms with Crippen LogP contribution in [0.5, 0.6) is 0 Å². The highest BCUT2D eigenvalue weighted by atomic mass is 16.4. The van der Waals surface area contributed by atoms with Gasteiger partial charge in [-0.25, -0.2) is 9.50 Å². The molecular formula is C20H20N4O4. The molecule has 3 N–H and O–H groups in total. The number of carbonyl (C=O) groups is 2. The Morgan fingerprint density at radius 1 is 1.18 bits per heavy atom. The van der Waals surface area contributed by atoms with E-state index in [2.05, 4.69) is 15.4 Å².